The van der Waals surface area contributed by atoms with Crippen LogP contribution in [0.3, 0.4) is 0 Å². The van der Waals surface area contributed by atoms with E-state index in [1.165, 1.54) is 0 Å². The summed E-state index contributed by atoms with van der Waals surface area (Å²) in [6.07, 6.45) is 0. The molecule has 5 nitrogen and oxygen atoms in total. The fourth-order valence-corrected chi connectivity index (χ4v) is 2.46. The Balaban J connectivity index is 2.01. The number of hydrogen-bond acceptors (Lipinski definition) is 3. The Kier molecular flexibility index (Phi) is 3.56. The molecule has 1 saturated heterocycles. The lowest BCUT2D eigenvalue weighted by Crippen LogP contribution is -2.72. The first kappa shape index (κ1) is 14.9. The molecule has 0 saturated carbocycles. The third-order valence-corrected chi connectivity index (χ3v) is 4.82. The number of nitrogens with one attached hydrogen (secondary N) is 1. The Morgan fingerprint density at radius 3 is 2.40 bits per heavy atom. The molecule has 1 fully saturated rings. The lowest BCUT2D eigenvalue weighted by Gasteiger charge is -2.62. The van der Waals surface area contributed by atoms with Gasteiger partial charge in [-0.2, -0.15) is 0 Å². The normalized spacial score (nSPS) is 20.8. The van der Waals surface area contributed by atoms with Gasteiger partial charge in [-0.15, -0.1) is 0 Å². The molecule has 2 heterocycles. The molecule has 0 bridgehead atoms. The molecular formula is C15H26N4O. The van der Waals surface area contributed by atoms with Crippen molar-refractivity contribution in [2.24, 2.45) is 10.4 Å². The van der Waals surface area contributed by atoms with Gasteiger partial charge in [0.05, 0.1) is 12.2 Å². The largest absolute Gasteiger partial charge is 0.444 e. The Morgan fingerprint density at radius 2 is 2.00 bits per heavy atom. The maximum Gasteiger partial charge on any atom is 0.214 e. The second kappa shape index (κ2) is 4.79. The molecule has 1 aliphatic heterocycles. The van der Waals surface area contributed by atoms with Crippen molar-refractivity contribution in [3.8, 4) is 0 Å². The quantitative estimate of drug-likeness (QED) is 0.667. The summed E-state index contributed by atoms with van der Waals surface area (Å²) in [4.78, 5) is 11.1. The minimum absolute atomic E-state index is 0.0945. The molecule has 1 aromatic heterocycles. The van der Waals surface area contributed by atoms with Crippen molar-refractivity contribution in [2.45, 2.75) is 53.6 Å². The predicted molar refractivity (Wildman–Crippen MR) is 80.7 cm³/mol. The van der Waals surface area contributed by atoms with Crippen molar-refractivity contribution in [2.75, 3.05) is 13.6 Å². The molecule has 5 heteroatoms. The van der Waals surface area contributed by atoms with Crippen molar-refractivity contribution in [3.05, 3.63) is 17.3 Å². The number of aliphatic imine (C=N–C) groups is 1. The zero-order chi connectivity index (χ0) is 15.1. The van der Waals surface area contributed by atoms with Gasteiger partial charge in [0.2, 0.25) is 5.89 Å². The second-order valence-electron chi connectivity index (χ2n) is 6.68. The van der Waals surface area contributed by atoms with Crippen LogP contribution < -0.4 is 5.32 Å². The number of aryl methyl sites for hydroxylation is 2. The van der Waals surface area contributed by atoms with Gasteiger partial charge >= 0.3 is 0 Å². The van der Waals surface area contributed by atoms with Gasteiger partial charge in [0, 0.05) is 24.5 Å². The van der Waals surface area contributed by atoms with Crippen molar-refractivity contribution < 1.29 is 4.42 Å². The third-order valence-electron chi connectivity index (χ3n) is 4.82. The van der Waals surface area contributed by atoms with Crippen LogP contribution in [-0.4, -0.2) is 35.0 Å². The zero-order valence-corrected chi connectivity index (χ0v) is 13.7. The summed E-state index contributed by atoms with van der Waals surface area (Å²) in [6.45, 7) is 14.5. The SMILES string of the molecule is CN=C(NCc1nc(C)c(C)o1)N1CC(C)(C)C1(C)C. The lowest BCUT2D eigenvalue weighted by molar-refractivity contribution is -0.0668. The maximum atomic E-state index is 5.59. The van der Waals surface area contributed by atoms with Crippen LogP contribution in [0.15, 0.2) is 9.41 Å². The van der Waals surface area contributed by atoms with Crippen LogP contribution in [0, 0.1) is 19.3 Å². The molecule has 0 atom stereocenters. The maximum absolute atomic E-state index is 5.59. The van der Waals surface area contributed by atoms with E-state index in [0.29, 0.717) is 17.9 Å². The Hall–Kier alpha value is -1.52. The minimum atomic E-state index is 0.0945. The number of hydrogen-bond donors (Lipinski definition) is 1. The lowest BCUT2D eigenvalue weighted by atomic mass is 9.65. The first-order valence-electron chi connectivity index (χ1n) is 7.10. The molecule has 0 spiro atoms. The van der Waals surface area contributed by atoms with Crippen molar-refractivity contribution in [3.63, 3.8) is 0 Å². The van der Waals surface area contributed by atoms with Gasteiger partial charge in [-0.3, -0.25) is 4.99 Å². The number of guanidine groups is 1. The summed E-state index contributed by atoms with van der Waals surface area (Å²) in [5.41, 5.74) is 1.33. The highest BCUT2D eigenvalue weighted by Crippen LogP contribution is 2.46. The van der Waals surface area contributed by atoms with E-state index < -0.39 is 0 Å². The van der Waals surface area contributed by atoms with E-state index in [9.17, 15) is 0 Å². The summed E-state index contributed by atoms with van der Waals surface area (Å²) in [5, 5.41) is 3.34. The average molecular weight is 278 g/mol. The zero-order valence-electron chi connectivity index (χ0n) is 13.7. The molecule has 20 heavy (non-hydrogen) atoms. The summed E-state index contributed by atoms with van der Waals surface area (Å²) in [7, 11) is 1.82. The Bertz CT molecular complexity index is 508. The number of likely N-dealkylation sites (tertiary alicyclic amines) is 1. The van der Waals surface area contributed by atoms with Crippen LogP contribution in [0.25, 0.3) is 0 Å². The topological polar surface area (TPSA) is 53.7 Å². The number of oxazole rings is 1. The van der Waals surface area contributed by atoms with Crippen molar-refractivity contribution in [1.29, 1.82) is 0 Å². The molecule has 0 radical (unpaired) electrons. The summed E-state index contributed by atoms with van der Waals surface area (Å²) in [5.74, 6) is 2.49. The van der Waals surface area contributed by atoms with E-state index in [1.807, 2.05) is 20.9 Å². The monoisotopic (exact) mass is 278 g/mol. The molecule has 1 aliphatic rings. The highest BCUT2D eigenvalue weighted by atomic mass is 16.4. The van der Waals surface area contributed by atoms with Gasteiger partial charge in [-0.25, -0.2) is 4.98 Å². The third kappa shape index (κ3) is 2.30. The first-order chi connectivity index (χ1) is 9.19. The van der Waals surface area contributed by atoms with Gasteiger partial charge in [-0.1, -0.05) is 13.8 Å². The summed E-state index contributed by atoms with van der Waals surface area (Å²) < 4.78 is 5.59. The fourth-order valence-electron chi connectivity index (χ4n) is 2.46. The molecule has 0 aromatic carbocycles. The van der Waals surface area contributed by atoms with Crippen LogP contribution in [0.5, 0.6) is 0 Å². The highest BCUT2D eigenvalue weighted by Gasteiger charge is 2.53. The van der Waals surface area contributed by atoms with Crippen LogP contribution in [-0.2, 0) is 6.54 Å². The molecule has 2 rings (SSSR count). The van der Waals surface area contributed by atoms with E-state index >= 15 is 0 Å². The van der Waals surface area contributed by atoms with Crippen LogP contribution in [0.4, 0.5) is 0 Å². The molecule has 1 aromatic rings. The molecule has 1 N–H and O–H groups in total. The van der Waals surface area contributed by atoms with Gasteiger partial charge in [0.25, 0.3) is 0 Å². The van der Waals surface area contributed by atoms with Gasteiger partial charge in [-0.05, 0) is 27.7 Å². The second-order valence-corrected chi connectivity index (χ2v) is 6.68. The molecule has 0 aliphatic carbocycles. The summed E-state index contributed by atoms with van der Waals surface area (Å²) in [6, 6.07) is 0. The van der Waals surface area contributed by atoms with E-state index in [4.69, 9.17) is 4.42 Å². The Labute approximate surface area is 121 Å². The van der Waals surface area contributed by atoms with Crippen molar-refractivity contribution in [1.82, 2.24) is 15.2 Å². The number of aromatic nitrogens is 1. The highest BCUT2D eigenvalue weighted by molar-refractivity contribution is 5.81. The van der Waals surface area contributed by atoms with E-state index in [-0.39, 0.29) is 5.54 Å². The molecule has 0 unspecified atom stereocenters. The van der Waals surface area contributed by atoms with Gasteiger partial charge in [0.1, 0.15) is 5.76 Å². The number of rotatable bonds is 2. The van der Waals surface area contributed by atoms with Gasteiger partial charge < -0.3 is 14.6 Å². The minimum Gasteiger partial charge on any atom is -0.444 e. The number of nitrogens with zero attached hydrogens (tertiary/aromatic N) is 3. The molecule has 0 amide bonds. The van der Waals surface area contributed by atoms with Crippen LogP contribution in [0.2, 0.25) is 0 Å². The van der Waals surface area contributed by atoms with E-state index in [1.54, 1.807) is 0 Å². The average Bonchev–Trinajstić information content (AvgIpc) is 2.68. The standard InChI is InChI=1S/C15H26N4O/c1-10-11(2)20-12(18-10)8-17-13(16-7)19-9-14(3,4)15(19,5)6/h8-9H2,1-7H3,(H,16,17). The molecule has 112 valence electrons. The Morgan fingerprint density at radius 1 is 1.35 bits per heavy atom. The smallest absolute Gasteiger partial charge is 0.214 e. The predicted octanol–water partition coefficient (Wildman–Crippen LogP) is 2.49. The fraction of sp³-hybridized carbons (Fsp3) is 0.733. The van der Waals surface area contributed by atoms with E-state index in [2.05, 4.69) is 47.9 Å². The summed E-state index contributed by atoms with van der Waals surface area (Å²) >= 11 is 0. The van der Waals surface area contributed by atoms with Crippen molar-refractivity contribution >= 4 is 5.96 Å². The van der Waals surface area contributed by atoms with Gasteiger partial charge in [0.15, 0.2) is 5.96 Å². The molecular weight excluding hydrogens is 252 g/mol. The first-order valence-corrected chi connectivity index (χ1v) is 7.10. The van der Waals surface area contributed by atoms with E-state index in [0.717, 1.165) is 24.0 Å². The van der Waals surface area contributed by atoms with Crippen LogP contribution in [0.1, 0.15) is 45.0 Å². The van der Waals surface area contributed by atoms with Crippen LogP contribution >= 0.6 is 0 Å².